The van der Waals surface area contributed by atoms with Crippen molar-refractivity contribution in [2.45, 2.75) is 6.42 Å². The lowest BCUT2D eigenvalue weighted by Gasteiger charge is -2.27. The van der Waals surface area contributed by atoms with Gasteiger partial charge in [0, 0.05) is 38.1 Å². The fraction of sp³-hybridized carbons (Fsp3) is 0.583. The second-order valence-corrected chi connectivity index (χ2v) is 6.63. The number of carbonyl (C=O) groups excluding carboxylic acids is 1. The van der Waals surface area contributed by atoms with E-state index in [1.807, 2.05) is 11.4 Å². The summed E-state index contributed by atoms with van der Waals surface area (Å²) in [5, 5.41) is 8.16. The van der Waals surface area contributed by atoms with Crippen LogP contribution in [-0.2, 0) is 0 Å². The van der Waals surface area contributed by atoms with Gasteiger partial charge in [0.2, 0.25) is 0 Å². The molecule has 1 fully saturated rings. The average molecular weight is 369 g/mol. The first kappa shape index (κ1) is 16.9. The molecule has 2 heterocycles. The Morgan fingerprint density at radius 1 is 1.47 bits per heavy atom. The van der Waals surface area contributed by atoms with Crippen LogP contribution in [0.4, 0.5) is 0 Å². The van der Waals surface area contributed by atoms with Crippen LogP contribution in [0.1, 0.15) is 16.8 Å². The first-order valence-electron chi connectivity index (χ1n) is 6.21. The number of thiophene rings is 1. The molecule has 2 N–H and O–H groups in total. The number of hydrogen-bond acceptors (Lipinski definition) is 4. The summed E-state index contributed by atoms with van der Waals surface area (Å²) in [5.74, 6) is 0.0252. The summed E-state index contributed by atoms with van der Waals surface area (Å²) in [5.41, 5.74) is 0.744. The lowest BCUT2D eigenvalue weighted by Crippen LogP contribution is -2.44. The topological polar surface area (TPSA) is 44.4 Å². The summed E-state index contributed by atoms with van der Waals surface area (Å²) in [7, 11) is 0. The van der Waals surface area contributed by atoms with Gasteiger partial charge in [0.15, 0.2) is 0 Å². The number of halogens is 2. The molecule has 19 heavy (non-hydrogen) atoms. The molecule has 1 aliphatic rings. The molecule has 1 saturated heterocycles. The maximum atomic E-state index is 11.8. The number of piperazine rings is 1. The van der Waals surface area contributed by atoms with Crippen molar-refractivity contribution < 1.29 is 4.79 Å². The van der Waals surface area contributed by atoms with Gasteiger partial charge >= 0.3 is 0 Å². The summed E-state index contributed by atoms with van der Waals surface area (Å²) >= 11 is 4.90. The smallest absolute Gasteiger partial charge is 0.252 e. The van der Waals surface area contributed by atoms with E-state index >= 15 is 0 Å². The van der Waals surface area contributed by atoms with Gasteiger partial charge in [0.1, 0.15) is 0 Å². The van der Waals surface area contributed by atoms with Gasteiger partial charge in [0.25, 0.3) is 5.91 Å². The van der Waals surface area contributed by atoms with Crippen LogP contribution in [0.15, 0.2) is 15.2 Å². The lowest BCUT2D eigenvalue weighted by atomic mass is 10.3. The van der Waals surface area contributed by atoms with Gasteiger partial charge in [-0.2, -0.15) is 0 Å². The van der Waals surface area contributed by atoms with Crippen LogP contribution in [0.3, 0.4) is 0 Å². The fourth-order valence-electron chi connectivity index (χ4n) is 1.97. The SMILES string of the molecule is Cl.O=C(NCCCN1CCNCC1)c1csc(Br)c1. The summed E-state index contributed by atoms with van der Waals surface area (Å²) < 4.78 is 0.994. The average Bonchev–Trinajstić information content (AvgIpc) is 2.82. The van der Waals surface area contributed by atoms with Gasteiger partial charge in [-0.1, -0.05) is 0 Å². The Hall–Kier alpha value is -0.140. The Morgan fingerprint density at radius 3 is 2.84 bits per heavy atom. The van der Waals surface area contributed by atoms with Gasteiger partial charge < -0.3 is 15.5 Å². The van der Waals surface area contributed by atoms with Crippen molar-refractivity contribution in [1.29, 1.82) is 0 Å². The van der Waals surface area contributed by atoms with Crippen molar-refractivity contribution in [2.75, 3.05) is 39.3 Å². The van der Waals surface area contributed by atoms with E-state index in [4.69, 9.17) is 0 Å². The van der Waals surface area contributed by atoms with Crippen molar-refractivity contribution in [1.82, 2.24) is 15.5 Å². The first-order valence-corrected chi connectivity index (χ1v) is 7.88. The number of hydrogen-bond donors (Lipinski definition) is 2. The normalized spacial score (nSPS) is 15.8. The van der Waals surface area contributed by atoms with Crippen LogP contribution >= 0.6 is 39.7 Å². The predicted octanol–water partition coefficient (Wildman–Crippen LogP) is 1.96. The minimum absolute atomic E-state index is 0. The summed E-state index contributed by atoms with van der Waals surface area (Å²) in [6, 6.07) is 1.86. The molecule has 0 unspecified atom stereocenters. The van der Waals surface area contributed by atoms with Crippen LogP contribution in [-0.4, -0.2) is 50.1 Å². The molecule has 0 spiro atoms. The van der Waals surface area contributed by atoms with Gasteiger partial charge in [-0.25, -0.2) is 0 Å². The maximum Gasteiger partial charge on any atom is 0.252 e. The monoisotopic (exact) mass is 367 g/mol. The van der Waals surface area contributed by atoms with E-state index < -0.39 is 0 Å². The lowest BCUT2D eigenvalue weighted by molar-refractivity contribution is 0.0951. The summed E-state index contributed by atoms with van der Waals surface area (Å²) in [4.78, 5) is 14.2. The minimum Gasteiger partial charge on any atom is -0.352 e. The van der Waals surface area contributed by atoms with Gasteiger partial charge in [-0.3, -0.25) is 4.79 Å². The van der Waals surface area contributed by atoms with E-state index in [2.05, 4.69) is 31.5 Å². The quantitative estimate of drug-likeness (QED) is 0.781. The van der Waals surface area contributed by atoms with Crippen molar-refractivity contribution in [3.8, 4) is 0 Å². The highest BCUT2D eigenvalue weighted by atomic mass is 79.9. The highest BCUT2D eigenvalue weighted by Crippen LogP contribution is 2.20. The van der Waals surface area contributed by atoms with Crippen molar-refractivity contribution in [2.24, 2.45) is 0 Å². The maximum absolute atomic E-state index is 11.8. The predicted molar refractivity (Wildman–Crippen MR) is 85.5 cm³/mol. The van der Waals surface area contributed by atoms with E-state index in [-0.39, 0.29) is 18.3 Å². The Kier molecular flexibility index (Phi) is 7.94. The van der Waals surface area contributed by atoms with E-state index in [0.717, 1.165) is 55.0 Å². The number of nitrogens with one attached hydrogen (secondary N) is 2. The number of rotatable bonds is 5. The number of carbonyl (C=O) groups is 1. The van der Waals surface area contributed by atoms with Crippen LogP contribution in [0.5, 0.6) is 0 Å². The first-order chi connectivity index (χ1) is 8.75. The molecule has 0 atom stereocenters. The fourth-order valence-corrected chi connectivity index (χ4v) is 3.11. The highest BCUT2D eigenvalue weighted by molar-refractivity contribution is 9.11. The second kappa shape index (κ2) is 8.92. The van der Waals surface area contributed by atoms with Crippen LogP contribution in [0.25, 0.3) is 0 Å². The zero-order valence-electron chi connectivity index (χ0n) is 10.7. The Bertz CT molecular complexity index is 396. The zero-order valence-corrected chi connectivity index (χ0v) is 13.9. The largest absolute Gasteiger partial charge is 0.352 e. The molecule has 1 aromatic rings. The van der Waals surface area contributed by atoms with Crippen molar-refractivity contribution >= 4 is 45.6 Å². The Morgan fingerprint density at radius 2 is 2.21 bits per heavy atom. The third-order valence-electron chi connectivity index (χ3n) is 2.98. The number of amides is 1. The Labute approximate surface area is 132 Å². The standard InChI is InChI=1S/C12H18BrN3OS.ClH/c13-11-8-10(9-18-11)12(17)15-2-1-5-16-6-3-14-4-7-16;/h8-9,14H,1-7H2,(H,15,17);1H. The molecule has 0 saturated carbocycles. The summed E-state index contributed by atoms with van der Waals surface area (Å²) in [6.45, 7) is 6.20. The van der Waals surface area contributed by atoms with Gasteiger partial charge in [-0.15, -0.1) is 23.7 Å². The highest BCUT2D eigenvalue weighted by Gasteiger charge is 2.10. The van der Waals surface area contributed by atoms with Crippen LogP contribution < -0.4 is 10.6 Å². The van der Waals surface area contributed by atoms with E-state index in [9.17, 15) is 4.79 Å². The van der Waals surface area contributed by atoms with E-state index in [1.54, 1.807) is 0 Å². The molecular weight excluding hydrogens is 350 g/mol. The Balaban J connectivity index is 0.00000180. The third kappa shape index (κ3) is 5.79. The molecule has 2 rings (SSSR count). The molecule has 7 heteroatoms. The van der Waals surface area contributed by atoms with Gasteiger partial charge in [0.05, 0.1) is 9.35 Å². The molecule has 108 valence electrons. The van der Waals surface area contributed by atoms with Crippen LogP contribution in [0.2, 0.25) is 0 Å². The van der Waals surface area contributed by atoms with Crippen LogP contribution in [0, 0.1) is 0 Å². The van der Waals surface area contributed by atoms with Gasteiger partial charge in [-0.05, 0) is 35.0 Å². The molecule has 0 radical (unpaired) electrons. The molecule has 0 aromatic carbocycles. The summed E-state index contributed by atoms with van der Waals surface area (Å²) in [6.07, 6.45) is 1.01. The number of nitrogens with zero attached hydrogens (tertiary/aromatic N) is 1. The molecular formula is C12H19BrClN3OS. The third-order valence-corrected chi connectivity index (χ3v) is 4.48. The van der Waals surface area contributed by atoms with E-state index in [0.29, 0.717) is 0 Å². The van der Waals surface area contributed by atoms with Crippen molar-refractivity contribution in [3.63, 3.8) is 0 Å². The molecule has 0 bridgehead atoms. The van der Waals surface area contributed by atoms with Crippen molar-refractivity contribution in [3.05, 3.63) is 20.8 Å². The molecule has 1 aromatic heterocycles. The molecule has 1 amide bonds. The molecule has 4 nitrogen and oxygen atoms in total. The second-order valence-electron chi connectivity index (χ2n) is 4.34. The zero-order chi connectivity index (χ0) is 12.8. The minimum atomic E-state index is 0. The van der Waals surface area contributed by atoms with E-state index in [1.165, 1.54) is 11.3 Å². The molecule has 1 aliphatic heterocycles. The molecule has 0 aliphatic carbocycles.